The van der Waals surface area contributed by atoms with Crippen molar-refractivity contribution in [2.75, 3.05) is 5.32 Å². The number of amides is 1. The average Bonchev–Trinajstić information content (AvgIpc) is 3.21. The smallest absolute Gasteiger partial charge is 0.388 e. The van der Waals surface area contributed by atoms with Crippen LogP contribution in [0.3, 0.4) is 0 Å². The van der Waals surface area contributed by atoms with E-state index in [4.69, 9.17) is 4.42 Å². The van der Waals surface area contributed by atoms with Gasteiger partial charge in [0.05, 0.1) is 0 Å². The highest BCUT2D eigenvalue weighted by atomic mass is 32.1. The summed E-state index contributed by atoms with van der Waals surface area (Å²) in [6.07, 6.45) is 2.94. The van der Waals surface area contributed by atoms with Crippen LogP contribution in [0, 0.1) is 0 Å². The van der Waals surface area contributed by atoms with E-state index in [2.05, 4.69) is 27.5 Å². The molecule has 0 aliphatic carbocycles. The number of hydrogen-bond acceptors (Lipinski definition) is 7. The van der Waals surface area contributed by atoms with Crippen molar-refractivity contribution in [3.8, 4) is 11.5 Å². The van der Waals surface area contributed by atoms with Crippen molar-refractivity contribution >= 4 is 22.4 Å². The van der Waals surface area contributed by atoms with Crippen LogP contribution in [0.25, 0.3) is 11.5 Å². The van der Waals surface area contributed by atoms with Crippen molar-refractivity contribution in [3.63, 3.8) is 0 Å². The molecule has 25 heavy (non-hydrogen) atoms. The number of carbonyl (C=O) groups excluding carboxylic acids is 1. The number of aryl methyl sites for hydroxylation is 1. The van der Waals surface area contributed by atoms with E-state index in [1.54, 1.807) is 12.1 Å². The van der Waals surface area contributed by atoms with Gasteiger partial charge >= 0.3 is 5.76 Å². The first-order valence-corrected chi connectivity index (χ1v) is 8.73. The number of unbranched alkanes of at least 4 members (excludes halogenated alkanes) is 1. The molecule has 0 saturated carbocycles. The molecule has 130 valence electrons. The first-order chi connectivity index (χ1) is 12.2. The Balaban J connectivity index is 1.64. The predicted octanol–water partition coefficient (Wildman–Crippen LogP) is 2.34. The normalized spacial score (nSPS) is 10.8. The fourth-order valence-electron chi connectivity index (χ4n) is 2.13. The molecule has 0 aliphatic rings. The van der Waals surface area contributed by atoms with Crippen LogP contribution in [0.4, 0.5) is 5.13 Å². The van der Waals surface area contributed by atoms with E-state index in [9.17, 15) is 9.59 Å². The van der Waals surface area contributed by atoms with Gasteiger partial charge in [-0.3, -0.25) is 10.1 Å². The molecule has 9 heteroatoms. The van der Waals surface area contributed by atoms with Gasteiger partial charge in [0.25, 0.3) is 0 Å². The van der Waals surface area contributed by atoms with E-state index in [0.717, 1.165) is 29.0 Å². The Morgan fingerprint density at radius 2 is 2.08 bits per heavy atom. The Hall–Kier alpha value is -2.81. The number of hydrogen-bond donors (Lipinski definition) is 1. The van der Waals surface area contributed by atoms with Gasteiger partial charge in [0.2, 0.25) is 16.9 Å². The molecule has 1 amide bonds. The minimum Gasteiger partial charge on any atom is -0.388 e. The van der Waals surface area contributed by atoms with Crippen LogP contribution in [0.2, 0.25) is 0 Å². The van der Waals surface area contributed by atoms with Crippen LogP contribution < -0.4 is 11.1 Å². The lowest BCUT2D eigenvalue weighted by atomic mass is 10.2. The molecule has 2 heterocycles. The zero-order chi connectivity index (χ0) is 17.6. The minimum atomic E-state index is -0.685. The van der Waals surface area contributed by atoms with Crippen molar-refractivity contribution in [2.24, 2.45) is 0 Å². The van der Waals surface area contributed by atoms with E-state index in [-0.39, 0.29) is 12.4 Å². The maximum absolute atomic E-state index is 12.1. The molecule has 3 rings (SSSR count). The largest absolute Gasteiger partial charge is 0.437 e. The van der Waals surface area contributed by atoms with Crippen LogP contribution in [0.5, 0.6) is 0 Å². The summed E-state index contributed by atoms with van der Waals surface area (Å²) in [5, 5.41) is 15.9. The fraction of sp³-hybridized carbons (Fsp3) is 0.312. The second-order valence-electron chi connectivity index (χ2n) is 5.35. The van der Waals surface area contributed by atoms with Crippen LogP contribution in [0.1, 0.15) is 24.8 Å². The Kier molecular flexibility index (Phi) is 5.34. The third-order valence-electron chi connectivity index (χ3n) is 3.38. The van der Waals surface area contributed by atoms with Crippen LogP contribution in [-0.4, -0.2) is 25.9 Å². The second-order valence-corrected chi connectivity index (χ2v) is 6.41. The minimum absolute atomic E-state index is 0.177. The summed E-state index contributed by atoms with van der Waals surface area (Å²) in [4.78, 5) is 23.9. The Morgan fingerprint density at radius 1 is 1.28 bits per heavy atom. The molecular weight excluding hydrogens is 342 g/mol. The molecule has 0 unspecified atom stereocenters. The number of carbonyl (C=O) groups is 1. The topological polar surface area (TPSA) is 103 Å². The van der Waals surface area contributed by atoms with E-state index >= 15 is 0 Å². The van der Waals surface area contributed by atoms with Crippen molar-refractivity contribution in [1.82, 2.24) is 20.0 Å². The monoisotopic (exact) mass is 359 g/mol. The summed E-state index contributed by atoms with van der Waals surface area (Å²) in [6.45, 7) is 1.85. The lowest BCUT2D eigenvalue weighted by molar-refractivity contribution is -0.117. The van der Waals surface area contributed by atoms with E-state index in [1.807, 2.05) is 18.2 Å². The van der Waals surface area contributed by atoms with Gasteiger partial charge in [0.1, 0.15) is 11.6 Å². The van der Waals surface area contributed by atoms with Gasteiger partial charge in [-0.05, 0) is 18.6 Å². The van der Waals surface area contributed by atoms with Crippen molar-refractivity contribution in [1.29, 1.82) is 0 Å². The number of nitrogens with zero attached hydrogens (tertiary/aromatic N) is 4. The van der Waals surface area contributed by atoms with Gasteiger partial charge in [0.15, 0.2) is 0 Å². The number of anilines is 1. The quantitative estimate of drug-likeness (QED) is 0.694. The maximum atomic E-state index is 12.1. The van der Waals surface area contributed by atoms with Gasteiger partial charge in [-0.15, -0.1) is 15.3 Å². The number of benzene rings is 1. The summed E-state index contributed by atoms with van der Waals surface area (Å²) in [5.41, 5.74) is 0.670. The van der Waals surface area contributed by atoms with Crippen molar-refractivity contribution < 1.29 is 9.21 Å². The summed E-state index contributed by atoms with van der Waals surface area (Å²) < 4.78 is 6.07. The fourth-order valence-corrected chi connectivity index (χ4v) is 2.93. The number of nitrogens with one attached hydrogen (secondary N) is 1. The third-order valence-corrected chi connectivity index (χ3v) is 4.28. The molecule has 8 nitrogen and oxygen atoms in total. The second kappa shape index (κ2) is 7.84. The predicted molar refractivity (Wildman–Crippen MR) is 93.3 cm³/mol. The summed E-state index contributed by atoms with van der Waals surface area (Å²) in [5.74, 6) is -0.917. The highest BCUT2D eigenvalue weighted by Gasteiger charge is 2.14. The molecule has 1 N–H and O–H groups in total. The first-order valence-electron chi connectivity index (χ1n) is 7.91. The van der Waals surface area contributed by atoms with Crippen molar-refractivity contribution in [3.05, 3.63) is 45.9 Å². The maximum Gasteiger partial charge on any atom is 0.437 e. The lowest BCUT2D eigenvalue weighted by Crippen LogP contribution is -2.25. The summed E-state index contributed by atoms with van der Waals surface area (Å²) in [6, 6.07) is 9.02. The zero-order valence-electron chi connectivity index (χ0n) is 13.6. The Labute approximate surface area is 147 Å². The number of rotatable bonds is 7. The van der Waals surface area contributed by atoms with Gasteiger partial charge in [-0.25, -0.2) is 4.79 Å². The SMILES string of the molecule is CCCCc1nnc(NC(=O)Cn2nc(-c3ccccc3)oc2=O)s1. The molecule has 0 bridgehead atoms. The first kappa shape index (κ1) is 17.0. The van der Waals surface area contributed by atoms with Crippen molar-refractivity contribution in [2.45, 2.75) is 32.7 Å². The molecule has 0 radical (unpaired) electrons. The van der Waals surface area contributed by atoms with Crippen LogP contribution in [-0.2, 0) is 17.8 Å². The lowest BCUT2D eigenvalue weighted by Gasteiger charge is -1.99. The molecule has 0 aliphatic heterocycles. The van der Waals surface area contributed by atoms with Crippen LogP contribution >= 0.6 is 11.3 Å². The summed E-state index contributed by atoms with van der Waals surface area (Å²) in [7, 11) is 0. The summed E-state index contributed by atoms with van der Waals surface area (Å²) >= 11 is 1.33. The molecular formula is C16H17N5O3S. The molecule has 2 aromatic heterocycles. The molecule has 0 fully saturated rings. The average molecular weight is 359 g/mol. The molecule has 0 saturated heterocycles. The van der Waals surface area contributed by atoms with E-state index in [1.165, 1.54) is 11.3 Å². The Morgan fingerprint density at radius 3 is 2.84 bits per heavy atom. The molecule has 1 aromatic carbocycles. The third kappa shape index (κ3) is 4.38. The van der Waals surface area contributed by atoms with Gasteiger partial charge < -0.3 is 4.42 Å². The highest BCUT2D eigenvalue weighted by molar-refractivity contribution is 7.15. The Bertz CT molecular complexity index is 900. The standard InChI is InChI=1S/C16H17N5O3S/c1-2-3-9-13-18-19-15(25-13)17-12(22)10-21-16(23)24-14(20-21)11-7-5-4-6-8-11/h4-8H,2-3,9-10H2,1H3,(H,17,19,22). The van der Waals surface area contributed by atoms with Gasteiger partial charge in [0, 0.05) is 12.0 Å². The molecule has 0 spiro atoms. The van der Waals surface area contributed by atoms with Gasteiger partial charge in [-0.1, -0.05) is 42.9 Å². The molecule has 3 aromatic rings. The zero-order valence-corrected chi connectivity index (χ0v) is 14.5. The number of aromatic nitrogens is 4. The van der Waals surface area contributed by atoms with Crippen LogP contribution in [0.15, 0.2) is 39.5 Å². The van der Waals surface area contributed by atoms with Gasteiger partial charge in [-0.2, -0.15) is 4.68 Å². The molecule has 0 atom stereocenters. The van der Waals surface area contributed by atoms with E-state index < -0.39 is 11.7 Å². The van der Waals surface area contributed by atoms with E-state index in [0.29, 0.717) is 10.7 Å². The highest BCUT2D eigenvalue weighted by Crippen LogP contribution is 2.17.